The fraction of sp³-hybridized carbons (Fsp3) is 0.391. The van der Waals surface area contributed by atoms with E-state index in [9.17, 15) is 14.4 Å². The van der Waals surface area contributed by atoms with Gasteiger partial charge in [0.25, 0.3) is 5.91 Å². The van der Waals surface area contributed by atoms with E-state index in [1.165, 1.54) is 0 Å². The van der Waals surface area contributed by atoms with Gasteiger partial charge in [-0.1, -0.05) is 12.1 Å². The van der Waals surface area contributed by atoms with E-state index in [1.807, 2.05) is 30.5 Å². The molecule has 2 aromatic rings. The molecule has 1 atom stereocenters. The van der Waals surface area contributed by atoms with Gasteiger partial charge in [-0.2, -0.15) is 0 Å². The summed E-state index contributed by atoms with van der Waals surface area (Å²) < 4.78 is 0. The normalized spacial score (nSPS) is 20.9. The molecule has 9 heteroatoms. The van der Waals surface area contributed by atoms with Crippen molar-refractivity contribution in [2.75, 3.05) is 36.4 Å². The summed E-state index contributed by atoms with van der Waals surface area (Å²) in [5.41, 5.74) is 4.61. The maximum absolute atomic E-state index is 13.0. The van der Waals surface area contributed by atoms with Crippen LogP contribution in [0.2, 0.25) is 0 Å². The number of imide groups is 1. The number of aromatic nitrogens is 1. The molecule has 1 aromatic carbocycles. The second kappa shape index (κ2) is 8.58. The summed E-state index contributed by atoms with van der Waals surface area (Å²) in [4.78, 5) is 44.9. The number of nitrogens with one attached hydrogen (secondary N) is 3. The van der Waals surface area contributed by atoms with Gasteiger partial charge in [0, 0.05) is 57.4 Å². The molecular weight excluding hydrogens is 408 g/mol. The number of rotatable bonds is 5. The third kappa shape index (κ3) is 3.91. The number of hydrogen-bond donors (Lipinski definition) is 3. The zero-order chi connectivity index (χ0) is 22.1. The van der Waals surface area contributed by atoms with Gasteiger partial charge in [0.15, 0.2) is 0 Å². The summed E-state index contributed by atoms with van der Waals surface area (Å²) >= 11 is 0. The molecular formula is C23H26N6O3. The van der Waals surface area contributed by atoms with E-state index in [0.717, 1.165) is 48.7 Å². The van der Waals surface area contributed by atoms with Gasteiger partial charge in [-0.25, -0.2) is 0 Å². The van der Waals surface area contributed by atoms with Crippen LogP contribution in [0.3, 0.4) is 0 Å². The van der Waals surface area contributed by atoms with Crippen molar-refractivity contribution in [2.24, 2.45) is 0 Å². The van der Waals surface area contributed by atoms with Crippen molar-refractivity contribution in [1.82, 2.24) is 20.5 Å². The predicted octanol–water partition coefficient (Wildman–Crippen LogP) is 0.864. The van der Waals surface area contributed by atoms with Crippen LogP contribution in [0.5, 0.6) is 0 Å². The molecule has 0 saturated carbocycles. The zero-order valence-electron chi connectivity index (χ0n) is 17.8. The number of piperazine rings is 1. The van der Waals surface area contributed by atoms with E-state index >= 15 is 0 Å². The second-order valence-electron chi connectivity index (χ2n) is 8.37. The van der Waals surface area contributed by atoms with Gasteiger partial charge in [0.05, 0.1) is 17.6 Å². The standard InChI is InChI=1S/C23H26N6O3/c30-21-4-3-20(22(31)27-21)29-14-16-2-1-15(11-17(16)23(29)32)12-26-18-13-25-6-5-19(18)28-9-7-24-8-10-28/h1-2,5-6,11,13,20,24,26H,3-4,7-10,12,14H2,(H,27,30,31). The zero-order valence-corrected chi connectivity index (χ0v) is 17.8. The van der Waals surface area contributed by atoms with Gasteiger partial charge < -0.3 is 20.4 Å². The smallest absolute Gasteiger partial charge is 0.255 e. The number of benzene rings is 1. The third-order valence-corrected chi connectivity index (χ3v) is 6.33. The number of piperidine rings is 1. The number of carbonyl (C=O) groups is 3. The van der Waals surface area contributed by atoms with Crippen LogP contribution in [-0.2, 0) is 22.7 Å². The SMILES string of the molecule is O=C1CCC(N2Cc3ccc(CNc4cnccc4N4CCNCC4)cc3C2=O)C(=O)N1. The second-order valence-corrected chi connectivity index (χ2v) is 8.37. The summed E-state index contributed by atoms with van der Waals surface area (Å²) in [5, 5.41) is 9.18. The molecule has 3 N–H and O–H groups in total. The van der Waals surface area contributed by atoms with Crippen LogP contribution in [0.25, 0.3) is 0 Å². The Morgan fingerprint density at radius 1 is 1.12 bits per heavy atom. The van der Waals surface area contributed by atoms with Crippen LogP contribution in [-0.4, -0.2) is 59.8 Å². The van der Waals surface area contributed by atoms with E-state index in [2.05, 4.69) is 25.8 Å². The Kier molecular flexibility index (Phi) is 5.48. The van der Waals surface area contributed by atoms with Gasteiger partial charge in [-0.15, -0.1) is 0 Å². The largest absolute Gasteiger partial charge is 0.378 e. The van der Waals surface area contributed by atoms with E-state index in [1.54, 1.807) is 11.1 Å². The summed E-state index contributed by atoms with van der Waals surface area (Å²) in [6, 6.07) is 7.30. The Hall–Kier alpha value is -3.46. The first-order valence-electron chi connectivity index (χ1n) is 11.0. The highest BCUT2D eigenvalue weighted by Gasteiger charge is 2.39. The van der Waals surface area contributed by atoms with Gasteiger partial charge in [-0.3, -0.25) is 24.7 Å². The molecule has 166 valence electrons. The fourth-order valence-electron chi connectivity index (χ4n) is 4.61. The predicted molar refractivity (Wildman–Crippen MR) is 119 cm³/mol. The van der Waals surface area contributed by atoms with Crippen LogP contribution in [0, 0.1) is 0 Å². The molecule has 4 heterocycles. The fourth-order valence-corrected chi connectivity index (χ4v) is 4.61. The molecule has 2 saturated heterocycles. The van der Waals surface area contributed by atoms with Crippen molar-refractivity contribution >= 4 is 29.1 Å². The maximum Gasteiger partial charge on any atom is 0.255 e. The van der Waals surface area contributed by atoms with Gasteiger partial charge >= 0.3 is 0 Å². The average molecular weight is 435 g/mol. The number of anilines is 2. The van der Waals surface area contributed by atoms with Crippen molar-refractivity contribution in [3.63, 3.8) is 0 Å². The number of pyridine rings is 1. The first kappa shape index (κ1) is 20.4. The van der Waals surface area contributed by atoms with E-state index in [4.69, 9.17) is 0 Å². The third-order valence-electron chi connectivity index (χ3n) is 6.33. The molecule has 3 aliphatic rings. The molecule has 3 amide bonds. The van der Waals surface area contributed by atoms with Crippen molar-refractivity contribution in [1.29, 1.82) is 0 Å². The van der Waals surface area contributed by atoms with Crippen LogP contribution < -0.4 is 20.9 Å². The number of carbonyl (C=O) groups excluding carboxylic acids is 3. The van der Waals surface area contributed by atoms with E-state index < -0.39 is 6.04 Å². The minimum Gasteiger partial charge on any atom is -0.378 e. The molecule has 9 nitrogen and oxygen atoms in total. The Bertz CT molecular complexity index is 1070. The first-order chi connectivity index (χ1) is 15.6. The molecule has 0 bridgehead atoms. The summed E-state index contributed by atoms with van der Waals surface area (Å²) in [6.07, 6.45) is 4.27. The molecule has 0 spiro atoms. The van der Waals surface area contributed by atoms with Crippen molar-refractivity contribution in [3.8, 4) is 0 Å². The first-order valence-corrected chi connectivity index (χ1v) is 11.0. The highest BCUT2D eigenvalue weighted by atomic mass is 16.2. The van der Waals surface area contributed by atoms with Gasteiger partial charge in [0.2, 0.25) is 11.8 Å². The molecule has 0 aliphatic carbocycles. The van der Waals surface area contributed by atoms with Crippen LogP contribution in [0.1, 0.15) is 34.3 Å². The Morgan fingerprint density at radius 2 is 1.97 bits per heavy atom. The summed E-state index contributed by atoms with van der Waals surface area (Å²) in [6.45, 7) is 4.76. The van der Waals surface area contributed by atoms with Crippen molar-refractivity contribution in [3.05, 3.63) is 53.3 Å². The van der Waals surface area contributed by atoms with Crippen LogP contribution in [0.15, 0.2) is 36.7 Å². The van der Waals surface area contributed by atoms with Crippen LogP contribution >= 0.6 is 0 Å². The molecule has 2 fully saturated rings. The Morgan fingerprint density at radius 3 is 2.78 bits per heavy atom. The topological polar surface area (TPSA) is 107 Å². The van der Waals surface area contributed by atoms with Crippen LogP contribution in [0.4, 0.5) is 11.4 Å². The average Bonchev–Trinajstić information content (AvgIpc) is 3.14. The lowest BCUT2D eigenvalue weighted by molar-refractivity contribution is -0.136. The monoisotopic (exact) mass is 434 g/mol. The van der Waals surface area contributed by atoms with Gasteiger partial charge in [0.1, 0.15) is 6.04 Å². The molecule has 5 rings (SSSR count). The number of hydrogen-bond acceptors (Lipinski definition) is 7. The number of amides is 3. The molecule has 0 radical (unpaired) electrons. The summed E-state index contributed by atoms with van der Waals surface area (Å²) in [5.74, 6) is -0.820. The number of fused-ring (bicyclic) bond motifs is 1. The minimum absolute atomic E-state index is 0.153. The lowest BCUT2D eigenvalue weighted by Crippen LogP contribution is -2.52. The highest BCUT2D eigenvalue weighted by Crippen LogP contribution is 2.29. The maximum atomic E-state index is 13.0. The van der Waals surface area contributed by atoms with E-state index in [0.29, 0.717) is 25.1 Å². The molecule has 1 unspecified atom stereocenters. The Balaban J connectivity index is 1.29. The number of nitrogens with zero attached hydrogens (tertiary/aromatic N) is 3. The molecule has 1 aromatic heterocycles. The molecule has 32 heavy (non-hydrogen) atoms. The Labute approximate surface area is 186 Å². The van der Waals surface area contributed by atoms with E-state index in [-0.39, 0.29) is 24.1 Å². The lowest BCUT2D eigenvalue weighted by Gasteiger charge is -2.31. The lowest BCUT2D eigenvalue weighted by atomic mass is 10.0. The quantitative estimate of drug-likeness (QED) is 0.600. The minimum atomic E-state index is -0.592. The highest BCUT2D eigenvalue weighted by molar-refractivity contribution is 6.05. The van der Waals surface area contributed by atoms with Crippen molar-refractivity contribution < 1.29 is 14.4 Å². The molecule has 3 aliphatic heterocycles. The summed E-state index contributed by atoms with van der Waals surface area (Å²) in [7, 11) is 0. The van der Waals surface area contributed by atoms with Crippen molar-refractivity contribution in [2.45, 2.75) is 32.0 Å². The van der Waals surface area contributed by atoms with Gasteiger partial charge in [-0.05, 0) is 29.7 Å².